The van der Waals surface area contributed by atoms with Gasteiger partial charge in [0.2, 0.25) is 5.96 Å². The molecule has 4 rings (SSSR count). The summed E-state index contributed by atoms with van der Waals surface area (Å²) in [6.07, 6.45) is 1.06. The first-order valence-corrected chi connectivity index (χ1v) is 10.0. The maximum atomic E-state index is 13.3. The lowest BCUT2D eigenvalue weighted by molar-refractivity contribution is -0.142. The van der Waals surface area contributed by atoms with Gasteiger partial charge in [-0.3, -0.25) is 19.4 Å². The average Bonchev–Trinajstić information content (AvgIpc) is 3.31. The maximum Gasteiger partial charge on any atom is 0.328 e. The first kappa shape index (κ1) is 21.5. The van der Waals surface area contributed by atoms with Crippen molar-refractivity contribution in [3.8, 4) is 11.5 Å². The molecule has 3 amide bonds. The minimum absolute atomic E-state index is 0.0583. The van der Waals surface area contributed by atoms with Crippen LogP contribution in [0.2, 0.25) is 0 Å². The van der Waals surface area contributed by atoms with Crippen molar-refractivity contribution in [2.24, 2.45) is 4.99 Å². The van der Waals surface area contributed by atoms with Crippen molar-refractivity contribution in [3.63, 3.8) is 0 Å². The zero-order valence-electron chi connectivity index (χ0n) is 18.6. The Balaban J connectivity index is 1.68. The number of likely N-dealkylation sites (N-methyl/N-ethyl adjacent to an activating group) is 1. The molecule has 2 atom stereocenters. The number of hydrogen-bond acceptors (Lipinski definition) is 9. The molecular weight excluding hydrogens is 418 g/mol. The number of carbonyl (C=O) groups excluding carboxylic acids is 3. The molecule has 3 heterocycles. The van der Waals surface area contributed by atoms with E-state index in [9.17, 15) is 14.4 Å². The van der Waals surface area contributed by atoms with Crippen LogP contribution in [-0.4, -0.2) is 85.7 Å². The van der Waals surface area contributed by atoms with Crippen molar-refractivity contribution in [1.82, 2.24) is 14.7 Å². The Kier molecular flexibility index (Phi) is 5.41. The van der Waals surface area contributed by atoms with Crippen molar-refractivity contribution in [2.45, 2.75) is 25.6 Å². The quantitative estimate of drug-likeness (QED) is 0.605. The molecule has 0 radical (unpaired) electrons. The number of carbonyl (C=O) groups is 3. The number of methoxy groups -OCH3 is 3. The number of rotatable bonds is 6. The summed E-state index contributed by atoms with van der Waals surface area (Å²) in [5.41, 5.74) is 1.52. The minimum Gasteiger partial charge on any atom is -0.497 e. The molecule has 1 saturated heterocycles. The van der Waals surface area contributed by atoms with E-state index in [-0.39, 0.29) is 13.0 Å². The number of benzene rings is 1. The van der Waals surface area contributed by atoms with E-state index >= 15 is 0 Å². The van der Waals surface area contributed by atoms with Crippen molar-refractivity contribution in [3.05, 3.63) is 30.1 Å². The summed E-state index contributed by atoms with van der Waals surface area (Å²) in [5, 5.41) is 0. The Morgan fingerprint density at radius 2 is 1.91 bits per heavy atom. The van der Waals surface area contributed by atoms with E-state index in [1.807, 2.05) is 24.1 Å². The van der Waals surface area contributed by atoms with Crippen molar-refractivity contribution < 1.29 is 28.6 Å². The lowest BCUT2D eigenvalue weighted by atomic mass is 10.1. The fraction of sp³-hybridized carbons (Fsp3) is 0.429. The molecular formula is C21H25N5O6. The fourth-order valence-electron chi connectivity index (χ4n) is 4.13. The molecule has 3 aliphatic rings. The third-order valence-corrected chi connectivity index (χ3v) is 5.78. The molecule has 3 aliphatic heterocycles. The Morgan fingerprint density at radius 3 is 2.56 bits per heavy atom. The van der Waals surface area contributed by atoms with Crippen molar-refractivity contribution in [1.29, 1.82) is 0 Å². The number of fused-ring (bicyclic) bond motifs is 3. The van der Waals surface area contributed by atoms with Crippen LogP contribution in [0.5, 0.6) is 11.5 Å². The standard InChI is InChI=1S/C21H25N5O6/c1-12-11-25-17-18(23(2)21(29)24(19(17)28)9-8-16(27)32-5)22-20(25)26(12)14-10-13(30-3)6-7-15(14)31-4/h6-7,10-11,17-18H,8-9H2,1-5H3. The highest BCUT2D eigenvalue weighted by Crippen LogP contribution is 2.41. The highest BCUT2D eigenvalue weighted by Gasteiger charge is 2.54. The predicted octanol–water partition coefficient (Wildman–Crippen LogP) is 1.21. The average molecular weight is 443 g/mol. The highest BCUT2D eigenvalue weighted by molar-refractivity contribution is 6.10. The minimum atomic E-state index is -0.734. The van der Waals surface area contributed by atoms with Crippen LogP contribution in [-0.2, 0) is 14.3 Å². The van der Waals surface area contributed by atoms with E-state index in [0.717, 1.165) is 10.6 Å². The molecule has 170 valence electrons. The number of aliphatic imine (C=N–C) groups is 1. The Hall–Kier alpha value is -3.76. The number of urea groups is 1. The highest BCUT2D eigenvalue weighted by atomic mass is 16.5. The van der Waals surface area contributed by atoms with Crippen LogP contribution in [0.3, 0.4) is 0 Å². The predicted molar refractivity (Wildman–Crippen MR) is 114 cm³/mol. The van der Waals surface area contributed by atoms with Gasteiger partial charge in [0.1, 0.15) is 11.5 Å². The lowest BCUT2D eigenvalue weighted by Crippen LogP contribution is -2.64. The fourth-order valence-corrected chi connectivity index (χ4v) is 4.13. The Bertz CT molecular complexity index is 1040. The number of guanidine groups is 1. The summed E-state index contributed by atoms with van der Waals surface area (Å²) in [6.45, 7) is 1.84. The smallest absolute Gasteiger partial charge is 0.328 e. The number of amides is 3. The van der Waals surface area contributed by atoms with Crippen LogP contribution in [0.25, 0.3) is 0 Å². The molecule has 11 nitrogen and oxygen atoms in total. The van der Waals surface area contributed by atoms with Gasteiger partial charge in [0.15, 0.2) is 12.2 Å². The number of allylic oxidation sites excluding steroid dienone is 1. The zero-order chi connectivity index (χ0) is 23.2. The van der Waals surface area contributed by atoms with Gasteiger partial charge in [0, 0.05) is 31.6 Å². The molecule has 1 aromatic rings. The van der Waals surface area contributed by atoms with E-state index in [2.05, 4.69) is 4.74 Å². The summed E-state index contributed by atoms with van der Waals surface area (Å²) in [6, 6.07) is 4.17. The van der Waals surface area contributed by atoms with E-state index < -0.39 is 30.1 Å². The molecule has 0 spiro atoms. The Morgan fingerprint density at radius 1 is 1.16 bits per heavy atom. The number of esters is 1. The van der Waals surface area contributed by atoms with Crippen LogP contribution >= 0.6 is 0 Å². The van der Waals surface area contributed by atoms with Gasteiger partial charge in [-0.1, -0.05) is 0 Å². The molecule has 1 fully saturated rings. The van der Waals surface area contributed by atoms with Crippen LogP contribution in [0.15, 0.2) is 35.1 Å². The first-order chi connectivity index (χ1) is 15.3. The number of imide groups is 1. The van der Waals surface area contributed by atoms with E-state index in [0.29, 0.717) is 23.1 Å². The molecule has 11 heteroatoms. The zero-order valence-corrected chi connectivity index (χ0v) is 18.6. The topological polar surface area (TPSA) is 104 Å². The number of anilines is 1. The van der Waals surface area contributed by atoms with Gasteiger partial charge in [-0.05, 0) is 19.1 Å². The first-order valence-electron chi connectivity index (χ1n) is 10.0. The normalized spacial score (nSPS) is 21.9. The van der Waals surface area contributed by atoms with Crippen LogP contribution in [0, 0.1) is 0 Å². The molecule has 2 unspecified atom stereocenters. The summed E-state index contributed by atoms with van der Waals surface area (Å²) < 4.78 is 15.5. The van der Waals surface area contributed by atoms with Crippen molar-refractivity contribution >= 4 is 29.6 Å². The van der Waals surface area contributed by atoms with Gasteiger partial charge in [-0.25, -0.2) is 9.79 Å². The SMILES string of the molecule is COC(=O)CCN1C(=O)C2C(N=C3N(c4cc(OC)ccc4OC)C(C)=CN32)N(C)C1=O. The van der Waals surface area contributed by atoms with E-state index in [1.165, 1.54) is 12.0 Å². The van der Waals surface area contributed by atoms with Crippen molar-refractivity contribution in [2.75, 3.05) is 39.8 Å². The summed E-state index contributed by atoms with van der Waals surface area (Å²) in [5.74, 6) is 0.844. The summed E-state index contributed by atoms with van der Waals surface area (Å²) in [4.78, 5) is 48.5. The third kappa shape index (κ3) is 3.20. The van der Waals surface area contributed by atoms with Gasteiger partial charge < -0.3 is 24.0 Å². The van der Waals surface area contributed by atoms with Gasteiger partial charge in [-0.15, -0.1) is 0 Å². The second-order valence-corrected chi connectivity index (χ2v) is 7.55. The third-order valence-electron chi connectivity index (χ3n) is 5.78. The second kappa shape index (κ2) is 8.06. The number of ether oxygens (including phenoxy) is 3. The van der Waals surface area contributed by atoms with Gasteiger partial charge in [-0.2, -0.15) is 0 Å². The molecule has 32 heavy (non-hydrogen) atoms. The van der Waals surface area contributed by atoms with Crippen LogP contribution < -0.4 is 14.4 Å². The molecule has 0 aliphatic carbocycles. The van der Waals surface area contributed by atoms with E-state index in [4.69, 9.17) is 14.5 Å². The van der Waals surface area contributed by atoms with Crippen LogP contribution in [0.1, 0.15) is 13.3 Å². The van der Waals surface area contributed by atoms with Gasteiger partial charge in [0.25, 0.3) is 5.91 Å². The molecule has 0 aromatic heterocycles. The largest absolute Gasteiger partial charge is 0.497 e. The lowest BCUT2D eigenvalue weighted by Gasteiger charge is -2.40. The van der Waals surface area contributed by atoms with E-state index in [1.54, 1.807) is 38.3 Å². The monoisotopic (exact) mass is 443 g/mol. The Labute approximate surface area is 185 Å². The molecule has 0 bridgehead atoms. The molecule has 1 aromatic carbocycles. The summed E-state index contributed by atoms with van der Waals surface area (Å²) in [7, 11) is 6.01. The van der Waals surface area contributed by atoms with Gasteiger partial charge >= 0.3 is 12.0 Å². The number of nitrogens with zero attached hydrogens (tertiary/aromatic N) is 5. The summed E-state index contributed by atoms with van der Waals surface area (Å²) >= 11 is 0. The number of hydrogen-bond donors (Lipinski definition) is 0. The maximum absolute atomic E-state index is 13.3. The van der Waals surface area contributed by atoms with Gasteiger partial charge in [0.05, 0.1) is 33.4 Å². The van der Waals surface area contributed by atoms with Crippen LogP contribution in [0.4, 0.5) is 10.5 Å². The molecule has 0 N–H and O–H groups in total. The second-order valence-electron chi connectivity index (χ2n) is 7.55. The molecule has 0 saturated carbocycles.